The lowest BCUT2D eigenvalue weighted by molar-refractivity contribution is 0.0947. The maximum Gasteiger partial charge on any atom is 0.270 e. The number of aromatic nitrogens is 2. The van der Waals surface area contributed by atoms with Gasteiger partial charge in [-0.25, -0.2) is 4.98 Å². The van der Waals surface area contributed by atoms with Crippen LogP contribution in [-0.2, 0) is 0 Å². The van der Waals surface area contributed by atoms with Gasteiger partial charge in [-0.1, -0.05) is 38.5 Å². The van der Waals surface area contributed by atoms with Crippen LogP contribution < -0.4 is 10.6 Å². The van der Waals surface area contributed by atoms with Crippen molar-refractivity contribution < 1.29 is 9.59 Å². The SMILES string of the molecule is CCCCNC(=O)c1csc(-c2ccc3ncc(C(=O)CC)c(Nc4ccccc4)c3c2)n1. The average Bonchev–Trinajstić information content (AvgIpc) is 3.35. The number of thiazole rings is 1. The fraction of sp³-hybridized carbons (Fsp3) is 0.231. The third kappa shape index (κ3) is 5.09. The molecule has 4 rings (SSSR count). The predicted molar refractivity (Wildman–Crippen MR) is 134 cm³/mol. The summed E-state index contributed by atoms with van der Waals surface area (Å²) in [6, 6.07) is 15.6. The van der Waals surface area contributed by atoms with Gasteiger partial charge in [0.05, 0.1) is 16.8 Å². The summed E-state index contributed by atoms with van der Waals surface area (Å²) in [5, 5.41) is 9.68. The number of rotatable bonds is 9. The quantitative estimate of drug-likeness (QED) is 0.230. The highest BCUT2D eigenvalue weighted by atomic mass is 32.1. The summed E-state index contributed by atoms with van der Waals surface area (Å²) < 4.78 is 0. The Kier molecular flexibility index (Phi) is 7.10. The zero-order valence-corrected chi connectivity index (χ0v) is 19.5. The van der Waals surface area contributed by atoms with Gasteiger partial charge in [-0.15, -0.1) is 11.3 Å². The number of carbonyl (C=O) groups is 2. The molecule has 0 fully saturated rings. The Morgan fingerprint density at radius 3 is 2.64 bits per heavy atom. The molecule has 0 unspecified atom stereocenters. The minimum absolute atomic E-state index is 0.0218. The van der Waals surface area contributed by atoms with Crippen molar-refractivity contribution in [1.29, 1.82) is 0 Å². The van der Waals surface area contributed by atoms with Crippen LogP contribution in [0.25, 0.3) is 21.5 Å². The van der Waals surface area contributed by atoms with Gasteiger partial charge >= 0.3 is 0 Å². The molecule has 7 heteroatoms. The number of ketones is 1. The zero-order chi connectivity index (χ0) is 23.2. The number of carbonyl (C=O) groups excluding carboxylic acids is 2. The van der Waals surface area contributed by atoms with Crippen molar-refractivity contribution in [3.63, 3.8) is 0 Å². The lowest BCUT2D eigenvalue weighted by atomic mass is 10.0. The van der Waals surface area contributed by atoms with Gasteiger partial charge < -0.3 is 10.6 Å². The van der Waals surface area contributed by atoms with Crippen molar-refractivity contribution in [2.75, 3.05) is 11.9 Å². The van der Waals surface area contributed by atoms with Crippen LogP contribution in [0.4, 0.5) is 11.4 Å². The minimum atomic E-state index is -0.157. The summed E-state index contributed by atoms with van der Waals surface area (Å²) in [5.41, 5.74) is 4.25. The fourth-order valence-corrected chi connectivity index (χ4v) is 4.30. The molecule has 0 bridgehead atoms. The van der Waals surface area contributed by atoms with Gasteiger partial charge in [-0.05, 0) is 36.8 Å². The molecule has 2 aromatic carbocycles. The van der Waals surface area contributed by atoms with Crippen LogP contribution in [0.1, 0.15) is 54.0 Å². The number of hydrogen-bond acceptors (Lipinski definition) is 6. The molecule has 0 saturated carbocycles. The van der Waals surface area contributed by atoms with Crippen LogP contribution >= 0.6 is 11.3 Å². The van der Waals surface area contributed by atoms with E-state index in [1.165, 1.54) is 11.3 Å². The summed E-state index contributed by atoms with van der Waals surface area (Å²) >= 11 is 1.42. The topological polar surface area (TPSA) is 84.0 Å². The van der Waals surface area contributed by atoms with Crippen LogP contribution in [0.15, 0.2) is 60.1 Å². The normalized spacial score (nSPS) is 10.8. The highest BCUT2D eigenvalue weighted by molar-refractivity contribution is 7.13. The van der Waals surface area contributed by atoms with E-state index < -0.39 is 0 Å². The number of amides is 1. The third-order valence-corrected chi connectivity index (χ3v) is 6.22. The molecular formula is C26H26N4O2S. The number of fused-ring (bicyclic) bond motifs is 1. The van der Waals surface area contributed by atoms with Gasteiger partial charge in [0.25, 0.3) is 5.91 Å². The number of Topliss-reactive ketones (excluding diaryl/α,β-unsaturated/α-hetero) is 1. The van der Waals surface area contributed by atoms with Gasteiger partial charge in [0.1, 0.15) is 10.7 Å². The van der Waals surface area contributed by atoms with Gasteiger partial charge in [0.15, 0.2) is 5.78 Å². The molecule has 1 amide bonds. The Bertz CT molecular complexity index is 1280. The Morgan fingerprint density at radius 1 is 1.06 bits per heavy atom. The molecule has 0 spiro atoms. The fourth-order valence-electron chi connectivity index (χ4n) is 3.51. The van der Waals surface area contributed by atoms with Gasteiger partial charge in [-0.2, -0.15) is 0 Å². The molecule has 2 aromatic heterocycles. The van der Waals surface area contributed by atoms with Crippen molar-refractivity contribution in [2.24, 2.45) is 0 Å². The average molecular weight is 459 g/mol. The first-order valence-corrected chi connectivity index (χ1v) is 12.0. The molecule has 0 saturated heterocycles. The largest absolute Gasteiger partial charge is 0.354 e. The first-order chi connectivity index (χ1) is 16.1. The number of hydrogen-bond donors (Lipinski definition) is 2. The van der Waals surface area contributed by atoms with Crippen LogP contribution in [0, 0.1) is 0 Å². The standard InChI is InChI=1S/C26H26N4O2S/c1-3-5-13-27-25(32)22-16-33-26(30-22)17-11-12-21-19(14-17)24(20(15-28-21)23(31)4-2)29-18-9-7-6-8-10-18/h6-12,14-16H,3-5,13H2,1-2H3,(H,27,32)(H,28,29). The van der Waals surface area contributed by atoms with Crippen LogP contribution in [0.3, 0.4) is 0 Å². The summed E-state index contributed by atoms with van der Waals surface area (Å²) in [7, 11) is 0. The van der Waals surface area contributed by atoms with E-state index in [9.17, 15) is 9.59 Å². The minimum Gasteiger partial charge on any atom is -0.354 e. The molecule has 0 atom stereocenters. The highest BCUT2D eigenvalue weighted by Crippen LogP contribution is 2.34. The molecule has 2 heterocycles. The Hall–Kier alpha value is -3.58. The summed E-state index contributed by atoms with van der Waals surface area (Å²) in [4.78, 5) is 34.1. The van der Waals surface area contributed by atoms with Gasteiger partial charge in [-0.3, -0.25) is 14.6 Å². The summed E-state index contributed by atoms with van der Waals surface area (Å²) in [6.45, 7) is 4.58. The number of unbranched alkanes of at least 4 members (excludes halogenated alkanes) is 1. The van der Waals surface area contributed by atoms with Crippen molar-refractivity contribution in [3.8, 4) is 10.6 Å². The second kappa shape index (κ2) is 10.4. The van der Waals surface area contributed by atoms with E-state index in [0.717, 1.165) is 45.7 Å². The molecular weight excluding hydrogens is 432 g/mol. The van der Waals surface area contributed by atoms with E-state index in [1.54, 1.807) is 11.6 Å². The molecule has 2 N–H and O–H groups in total. The van der Waals surface area contributed by atoms with Crippen LogP contribution in [0.2, 0.25) is 0 Å². The Balaban J connectivity index is 1.74. The van der Waals surface area contributed by atoms with Gasteiger partial charge in [0, 0.05) is 41.2 Å². The molecule has 4 aromatic rings. The van der Waals surface area contributed by atoms with E-state index in [1.807, 2.05) is 55.5 Å². The second-order valence-corrected chi connectivity index (χ2v) is 8.55. The molecule has 0 aliphatic rings. The van der Waals surface area contributed by atoms with Crippen LogP contribution in [0.5, 0.6) is 0 Å². The van der Waals surface area contributed by atoms with Crippen LogP contribution in [-0.4, -0.2) is 28.2 Å². The number of pyridine rings is 1. The maximum atomic E-state index is 12.7. The highest BCUT2D eigenvalue weighted by Gasteiger charge is 2.17. The first-order valence-electron chi connectivity index (χ1n) is 11.1. The zero-order valence-electron chi connectivity index (χ0n) is 18.7. The molecule has 168 valence electrons. The molecule has 6 nitrogen and oxygen atoms in total. The van der Waals surface area contributed by atoms with Gasteiger partial charge in [0.2, 0.25) is 0 Å². The number of para-hydroxylation sites is 1. The first kappa shape index (κ1) is 22.6. The van der Waals surface area contributed by atoms with Crippen molar-refractivity contribution in [2.45, 2.75) is 33.1 Å². The smallest absolute Gasteiger partial charge is 0.270 e. The van der Waals surface area contributed by atoms with E-state index in [4.69, 9.17) is 0 Å². The molecule has 0 aliphatic carbocycles. The lowest BCUT2D eigenvalue weighted by Crippen LogP contribution is -2.24. The van der Waals surface area contributed by atoms with E-state index >= 15 is 0 Å². The number of nitrogens with one attached hydrogen (secondary N) is 2. The van der Waals surface area contributed by atoms with E-state index in [0.29, 0.717) is 24.2 Å². The predicted octanol–water partition coefficient (Wildman–Crippen LogP) is 6.22. The van der Waals surface area contributed by atoms with Crippen molar-refractivity contribution >= 4 is 45.3 Å². The lowest BCUT2D eigenvalue weighted by Gasteiger charge is -2.14. The number of anilines is 2. The third-order valence-electron chi connectivity index (χ3n) is 5.33. The summed E-state index contributed by atoms with van der Waals surface area (Å²) in [5.74, 6) is -0.135. The molecule has 0 radical (unpaired) electrons. The van der Waals surface area contributed by atoms with E-state index in [-0.39, 0.29) is 11.7 Å². The van der Waals surface area contributed by atoms with Crippen molar-refractivity contribution in [1.82, 2.24) is 15.3 Å². The maximum absolute atomic E-state index is 12.7. The van der Waals surface area contributed by atoms with E-state index in [2.05, 4.69) is 27.5 Å². The molecule has 33 heavy (non-hydrogen) atoms. The monoisotopic (exact) mass is 458 g/mol. The summed E-state index contributed by atoms with van der Waals surface area (Å²) in [6.07, 6.45) is 3.99. The Labute approximate surface area is 197 Å². The van der Waals surface area contributed by atoms with Crippen molar-refractivity contribution in [3.05, 3.63) is 71.4 Å². The number of nitrogens with zero attached hydrogens (tertiary/aromatic N) is 2. The Morgan fingerprint density at radius 2 is 1.88 bits per heavy atom. The second-order valence-electron chi connectivity index (χ2n) is 7.69. The molecule has 0 aliphatic heterocycles. The number of benzene rings is 2.